The number of ketones is 1. The molecule has 0 aromatic heterocycles. The number of hydrogen-bond donors (Lipinski definition) is 0. The molecule has 0 aliphatic rings. The molecule has 0 heterocycles. The Morgan fingerprint density at radius 1 is 1.44 bits per heavy atom. The third-order valence-electron chi connectivity index (χ3n) is 1.77. The standard InChI is InChI=1S/C10H8BrClF2O2/c1-5(15)9(12)6-2-7(11)4-8(3-6)16-10(13)14/h2-4,9-10H,1H3. The second-order valence-electron chi connectivity index (χ2n) is 3.07. The first kappa shape index (κ1) is 13.4. The van der Waals surface area contributed by atoms with Crippen LogP contribution in [0.25, 0.3) is 0 Å². The molecule has 0 saturated carbocycles. The van der Waals surface area contributed by atoms with Crippen LogP contribution in [0.5, 0.6) is 5.75 Å². The summed E-state index contributed by atoms with van der Waals surface area (Å²) in [6.07, 6.45) is 0. The lowest BCUT2D eigenvalue weighted by molar-refractivity contribution is -0.116. The second kappa shape index (κ2) is 5.59. The van der Waals surface area contributed by atoms with Gasteiger partial charge in [0.1, 0.15) is 11.1 Å². The molecule has 0 bridgehead atoms. The lowest BCUT2D eigenvalue weighted by Gasteiger charge is -2.10. The van der Waals surface area contributed by atoms with E-state index < -0.39 is 12.0 Å². The fourth-order valence-electron chi connectivity index (χ4n) is 1.14. The monoisotopic (exact) mass is 312 g/mol. The van der Waals surface area contributed by atoms with Gasteiger partial charge in [-0.1, -0.05) is 15.9 Å². The summed E-state index contributed by atoms with van der Waals surface area (Å²) in [6.45, 7) is -1.58. The Bertz CT molecular complexity index is 398. The Kier molecular flexibility index (Phi) is 4.68. The van der Waals surface area contributed by atoms with E-state index in [2.05, 4.69) is 20.7 Å². The van der Waals surface area contributed by atoms with Crippen molar-refractivity contribution in [1.82, 2.24) is 0 Å². The van der Waals surface area contributed by atoms with Gasteiger partial charge >= 0.3 is 6.61 Å². The molecule has 1 aromatic carbocycles. The van der Waals surface area contributed by atoms with Gasteiger partial charge in [-0.3, -0.25) is 4.79 Å². The minimum atomic E-state index is -2.91. The van der Waals surface area contributed by atoms with Crippen LogP contribution in [0.15, 0.2) is 22.7 Å². The molecule has 1 unspecified atom stereocenters. The highest BCUT2D eigenvalue weighted by atomic mass is 79.9. The summed E-state index contributed by atoms with van der Waals surface area (Å²) in [4.78, 5) is 11.1. The van der Waals surface area contributed by atoms with Crippen molar-refractivity contribution < 1.29 is 18.3 Å². The summed E-state index contributed by atoms with van der Waals surface area (Å²) in [6, 6.07) is 4.27. The van der Waals surface area contributed by atoms with Gasteiger partial charge in [-0.15, -0.1) is 11.6 Å². The molecule has 6 heteroatoms. The lowest BCUT2D eigenvalue weighted by Crippen LogP contribution is -2.05. The zero-order chi connectivity index (χ0) is 12.3. The van der Waals surface area contributed by atoms with Gasteiger partial charge in [-0.2, -0.15) is 8.78 Å². The van der Waals surface area contributed by atoms with Gasteiger partial charge in [0, 0.05) is 4.47 Å². The van der Waals surface area contributed by atoms with Gasteiger partial charge in [0.05, 0.1) is 0 Å². The topological polar surface area (TPSA) is 26.3 Å². The fourth-order valence-corrected chi connectivity index (χ4v) is 1.75. The molecule has 0 radical (unpaired) electrons. The molecule has 0 aliphatic heterocycles. The van der Waals surface area contributed by atoms with E-state index in [9.17, 15) is 13.6 Å². The molecule has 1 atom stereocenters. The number of ether oxygens (including phenoxy) is 1. The number of hydrogen-bond acceptors (Lipinski definition) is 2. The summed E-state index contributed by atoms with van der Waals surface area (Å²) in [5, 5.41) is -0.863. The Morgan fingerprint density at radius 2 is 2.06 bits per heavy atom. The number of carbonyl (C=O) groups excluding carboxylic acids is 1. The molecule has 88 valence electrons. The van der Waals surface area contributed by atoms with Crippen LogP contribution in [-0.2, 0) is 4.79 Å². The van der Waals surface area contributed by atoms with Crippen molar-refractivity contribution in [1.29, 1.82) is 0 Å². The first-order chi connectivity index (χ1) is 7.40. The third kappa shape index (κ3) is 3.72. The zero-order valence-electron chi connectivity index (χ0n) is 8.22. The van der Waals surface area contributed by atoms with E-state index in [-0.39, 0.29) is 11.5 Å². The predicted octanol–water partition coefficient (Wildman–Crippen LogP) is 3.92. The molecule has 0 fully saturated rings. The number of Topliss-reactive ketones (excluding diaryl/α,β-unsaturated/α-hetero) is 1. The quantitative estimate of drug-likeness (QED) is 0.788. The predicted molar refractivity (Wildman–Crippen MR) is 60.0 cm³/mol. The maximum absolute atomic E-state index is 12.0. The van der Waals surface area contributed by atoms with E-state index in [0.29, 0.717) is 10.0 Å². The van der Waals surface area contributed by atoms with Crippen molar-refractivity contribution in [2.24, 2.45) is 0 Å². The van der Waals surface area contributed by atoms with Crippen LogP contribution in [0, 0.1) is 0 Å². The van der Waals surface area contributed by atoms with Crippen LogP contribution in [-0.4, -0.2) is 12.4 Å². The number of benzene rings is 1. The Balaban J connectivity index is 3.02. The van der Waals surface area contributed by atoms with Gasteiger partial charge in [-0.05, 0) is 30.7 Å². The first-order valence-corrected chi connectivity index (χ1v) is 5.53. The molecular formula is C10H8BrClF2O2. The van der Waals surface area contributed by atoms with E-state index in [4.69, 9.17) is 11.6 Å². The van der Waals surface area contributed by atoms with Crippen molar-refractivity contribution in [3.05, 3.63) is 28.2 Å². The molecule has 0 saturated heterocycles. The van der Waals surface area contributed by atoms with E-state index in [0.717, 1.165) is 0 Å². The molecule has 2 nitrogen and oxygen atoms in total. The SMILES string of the molecule is CC(=O)C(Cl)c1cc(Br)cc(OC(F)F)c1. The molecule has 0 aliphatic carbocycles. The van der Waals surface area contributed by atoms with Crippen LogP contribution < -0.4 is 4.74 Å². The maximum atomic E-state index is 12.0. The highest BCUT2D eigenvalue weighted by Crippen LogP contribution is 2.29. The van der Waals surface area contributed by atoms with E-state index in [1.54, 1.807) is 6.07 Å². The van der Waals surface area contributed by atoms with Gasteiger partial charge < -0.3 is 4.74 Å². The van der Waals surface area contributed by atoms with Crippen molar-refractivity contribution >= 4 is 33.3 Å². The summed E-state index contributed by atoms with van der Waals surface area (Å²) in [7, 11) is 0. The number of alkyl halides is 3. The zero-order valence-corrected chi connectivity index (χ0v) is 10.6. The van der Waals surface area contributed by atoms with E-state index in [1.165, 1.54) is 19.1 Å². The van der Waals surface area contributed by atoms with Gasteiger partial charge in [0.15, 0.2) is 5.78 Å². The van der Waals surface area contributed by atoms with E-state index >= 15 is 0 Å². The molecule has 16 heavy (non-hydrogen) atoms. The Morgan fingerprint density at radius 3 is 2.56 bits per heavy atom. The smallest absolute Gasteiger partial charge is 0.387 e. The van der Waals surface area contributed by atoms with Crippen LogP contribution in [0.1, 0.15) is 17.9 Å². The first-order valence-electron chi connectivity index (χ1n) is 4.30. The average Bonchev–Trinajstić information content (AvgIpc) is 2.14. The van der Waals surface area contributed by atoms with Crippen LogP contribution >= 0.6 is 27.5 Å². The molecule has 0 amide bonds. The molecule has 0 spiro atoms. The highest BCUT2D eigenvalue weighted by molar-refractivity contribution is 9.10. The average molecular weight is 314 g/mol. The largest absolute Gasteiger partial charge is 0.435 e. The summed E-state index contributed by atoms with van der Waals surface area (Å²) >= 11 is 8.93. The highest BCUT2D eigenvalue weighted by Gasteiger charge is 2.15. The summed E-state index contributed by atoms with van der Waals surface area (Å²) in [5.74, 6) is -0.297. The molecule has 0 N–H and O–H groups in total. The van der Waals surface area contributed by atoms with Crippen molar-refractivity contribution in [2.75, 3.05) is 0 Å². The van der Waals surface area contributed by atoms with Gasteiger partial charge in [-0.25, -0.2) is 0 Å². The van der Waals surface area contributed by atoms with Crippen LogP contribution in [0.3, 0.4) is 0 Å². The molecular weight excluding hydrogens is 305 g/mol. The van der Waals surface area contributed by atoms with E-state index in [1.807, 2.05) is 0 Å². The third-order valence-corrected chi connectivity index (χ3v) is 2.79. The Hall–Kier alpha value is -0.680. The molecule has 1 aromatic rings. The van der Waals surface area contributed by atoms with Crippen LogP contribution in [0.2, 0.25) is 0 Å². The second-order valence-corrected chi connectivity index (χ2v) is 4.42. The summed E-state index contributed by atoms with van der Waals surface area (Å²) < 4.78 is 28.8. The molecule has 1 rings (SSSR count). The number of carbonyl (C=O) groups is 1. The number of rotatable bonds is 4. The minimum Gasteiger partial charge on any atom is -0.435 e. The normalized spacial score (nSPS) is 12.6. The van der Waals surface area contributed by atoms with Crippen molar-refractivity contribution in [3.63, 3.8) is 0 Å². The Labute approximate surface area is 105 Å². The maximum Gasteiger partial charge on any atom is 0.387 e. The van der Waals surface area contributed by atoms with Gasteiger partial charge in [0.25, 0.3) is 0 Å². The van der Waals surface area contributed by atoms with Crippen molar-refractivity contribution in [2.45, 2.75) is 18.9 Å². The summed E-state index contributed by atoms with van der Waals surface area (Å²) in [5.41, 5.74) is 0.416. The minimum absolute atomic E-state index is 0.0359. The lowest BCUT2D eigenvalue weighted by atomic mass is 10.1. The fraction of sp³-hybridized carbons (Fsp3) is 0.300. The van der Waals surface area contributed by atoms with Crippen molar-refractivity contribution in [3.8, 4) is 5.75 Å². The van der Waals surface area contributed by atoms with Crippen LogP contribution in [0.4, 0.5) is 8.78 Å². The van der Waals surface area contributed by atoms with Gasteiger partial charge in [0.2, 0.25) is 0 Å². The number of halogens is 4.